The maximum atomic E-state index is 13.4. The summed E-state index contributed by atoms with van der Waals surface area (Å²) in [6.45, 7) is 1.53. The van der Waals surface area contributed by atoms with E-state index < -0.39 is 6.67 Å². The van der Waals surface area contributed by atoms with Crippen LogP contribution in [0.15, 0.2) is 48.5 Å². The molecule has 1 heterocycles. The van der Waals surface area contributed by atoms with Crippen LogP contribution in [0.4, 0.5) is 13.2 Å². The fraction of sp³-hybridized carbons (Fsp3) is 0.333. The van der Waals surface area contributed by atoms with E-state index in [2.05, 4.69) is 10.2 Å². The number of alkyl halides is 1. The van der Waals surface area contributed by atoms with Crippen LogP contribution in [0.1, 0.15) is 17.2 Å². The van der Waals surface area contributed by atoms with Gasteiger partial charge < -0.3 is 5.32 Å². The van der Waals surface area contributed by atoms with Crippen LogP contribution in [0, 0.1) is 11.6 Å². The summed E-state index contributed by atoms with van der Waals surface area (Å²) in [5.41, 5.74) is 1.75. The summed E-state index contributed by atoms with van der Waals surface area (Å²) in [6.07, 6.45) is 0. The van der Waals surface area contributed by atoms with Gasteiger partial charge in [0.2, 0.25) is 0 Å². The van der Waals surface area contributed by atoms with Crippen molar-refractivity contribution in [3.63, 3.8) is 0 Å². The summed E-state index contributed by atoms with van der Waals surface area (Å²) >= 11 is 0. The lowest BCUT2D eigenvalue weighted by molar-refractivity contribution is 0.104. The van der Waals surface area contributed by atoms with Crippen molar-refractivity contribution < 1.29 is 13.2 Å². The number of nitrogens with one attached hydrogen (secondary N) is 1. The summed E-state index contributed by atoms with van der Waals surface area (Å²) in [7, 11) is 0. The molecular weight excluding hydrogens is 337 g/mol. The van der Waals surface area contributed by atoms with Gasteiger partial charge in [-0.2, -0.15) is 0 Å². The summed E-state index contributed by atoms with van der Waals surface area (Å²) in [6, 6.07) is 12.0. The van der Waals surface area contributed by atoms with Crippen LogP contribution in [0.25, 0.3) is 0 Å². The predicted octanol–water partition coefficient (Wildman–Crippen LogP) is 3.72. The normalized spacial score (nSPS) is 18.4. The molecule has 1 N–H and O–H groups in total. The van der Waals surface area contributed by atoms with Gasteiger partial charge in [0, 0.05) is 19.6 Å². The Hall–Kier alpha value is -1.56. The quantitative estimate of drug-likeness (QED) is 0.898. The highest BCUT2D eigenvalue weighted by molar-refractivity contribution is 5.85. The zero-order chi connectivity index (χ0) is 16.2. The summed E-state index contributed by atoms with van der Waals surface area (Å²) in [5.74, 6) is -0.622. The van der Waals surface area contributed by atoms with E-state index in [-0.39, 0.29) is 36.1 Å². The van der Waals surface area contributed by atoms with Gasteiger partial charge in [-0.3, -0.25) is 4.90 Å². The third kappa shape index (κ3) is 4.09. The second kappa shape index (κ2) is 8.51. The highest BCUT2D eigenvalue weighted by Crippen LogP contribution is 2.31. The van der Waals surface area contributed by atoms with Crippen molar-refractivity contribution in [2.75, 3.05) is 26.3 Å². The molecule has 1 unspecified atom stereocenters. The molecular formula is C18H20ClF3N2. The molecule has 0 aromatic heterocycles. The van der Waals surface area contributed by atoms with E-state index in [1.54, 1.807) is 24.3 Å². The molecule has 0 aliphatic carbocycles. The highest BCUT2D eigenvalue weighted by Gasteiger charge is 2.30. The Labute approximate surface area is 146 Å². The Morgan fingerprint density at radius 1 is 0.958 bits per heavy atom. The van der Waals surface area contributed by atoms with Gasteiger partial charge in [0.25, 0.3) is 0 Å². The maximum Gasteiger partial charge on any atom is 0.123 e. The van der Waals surface area contributed by atoms with Crippen molar-refractivity contribution >= 4 is 12.4 Å². The van der Waals surface area contributed by atoms with E-state index in [4.69, 9.17) is 0 Å². The lowest BCUT2D eigenvalue weighted by Crippen LogP contribution is -2.53. The number of rotatable bonds is 4. The summed E-state index contributed by atoms with van der Waals surface area (Å²) in [5, 5.41) is 3.19. The van der Waals surface area contributed by atoms with E-state index in [0.29, 0.717) is 13.1 Å². The molecule has 1 fully saturated rings. The third-order valence-corrected chi connectivity index (χ3v) is 4.28. The van der Waals surface area contributed by atoms with E-state index >= 15 is 0 Å². The Bertz CT molecular complexity index is 588. The molecule has 130 valence electrons. The highest BCUT2D eigenvalue weighted by atomic mass is 35.5. The number of halogens is 4. The van der Waals surface area contributed by atoms with Gasteiger partial charge in [-0.25, -0.2) is 13.2 Å². The monoisotopic (exact) mass is 356 g/mol. The van der Waals surface area contributed by atoms with Crippen LogP contribution in [-0.4, -0.2) is 37.3 Å². The fourth-order valence-electron chi connectivity index (χ4n) is 3.13. The molecule has 2 aromatic carbocycles. The van der Waals surface area contributed by atoms with Crippen molar-refractivity contribution in [3.05, 3.63) is 71.3 Å². The van der Waals surface area contributed by atoms with Crippen molar-refractivity contribution in [1.82, 2.24) is 10.2 Å². The van der Waals surface area contributed by atoms with Crippen LogP contribution < -0.4 is 5.32 Å². The number of nitrogens with zero attached hydrogens (tertiary/aromatic N) is 1. The first-order chi connectivity index (χ1) is 11.2. The molecule has 0 bridgehead atoms. The molecule has 1 saturated heterocycles. The van der Waals surface area contributed by atoms with E-state index in [1.807, 2.05) is 0 Å². The minimum absolute atomic E-state index is 0. The van der Waals surface area contributed by atoms with Gasteiger partial charge in [0.05, 0.1) is 12.1 Å². The Morgan fingerprint density at radius 3 is 1.92 bits per heavy atom. The SMILES string of the molecule is Cl.FCC1CNCCN1C(c1ccc(F)cc1)c1ccc(F)cc1. The molecule has 1 atom stereocenters. The number of hydrogen-bond acceptors (Lipinski definition) is 2. The summed E-state index contributed by atoms with van der Waals surface area (Å²) < 4.78 is 40.0. The molecule has 0 saturated carbocycles. The van der Waals surface area contributed by atoms with E-state index in [0.717, 1.165) is 17.7 Å². The first kappa shape index (κ1) is 18.8. The lowest BCUT2D eigenvalue weighted by Gasteiger charge is -2.41. The zero-order valence-electron chi connectivity index (χ0n) is 13.1. The number of piperazine rings is 1. The third-order valence-electron chi connectivity index (χ3n) is 4.28. The van der Waals surface area contributed by atoms with Gasteiger partial charge >= 0.3 is 0 Å². The zero-order valence-corrected chi connectivity index (χ0v) is 13.9. The van der Waals surface area contributed by atoms with Crippen LogP contribution in [0.2, 0.25) is 0 Å². The smallest absolute Gasteiger partial charge is 0.123 e. The van der Waals surface area contributed by atoms with Crippen LogP contribution >= 0.6 is 12.4 Å². The van der Waals surface area contributed by atoms with Crippen LogP contribution in [-0.2, 0) is 0 Å². The Balaban J connectivity index is 0.00000208. The molecule has 24 heavy (non-hydrogen) atoms. The standard InChI is InChI=1S/C18H19F3N2.ClH/c19-11-17-12-22-9-10-23(17)18(13-1-5-15(20)6-2-13)14-3-7-16(21)8-4-14;/h1-8,17-18,22H,9-12H2;1H. The fourth-order valence-corrected chi connectivity index (χ4v) is 3.13. The predicted molar refractivity (Wildman–Crippen MR) is 91.2 cm³/mol. The van der Waals surface area contributed by atoms with Crippen molar-refractivity contribution in [2.24, 2.45) is 0 Å². The van der Waals surface area contributed by atoms with Crippen LogP contribution in [0.5, 0.6) is 0 Å². The van der Waals surface area contributed by atoms with Gasteiger partial charge in [-0.1, -0.05) is 24.3 Å². The van der Waals surface area contributed by atoms with Gasteiger partial charge in [0.1, 0.15) is 18.3 Å². The molecule has 3 rings (SSSR count). The van der Waals surface area contributed by atoms with E-state index in [9.17, 15) is 13.2 Å². The molecule has 6 heteroatoms. The first-order valence-corrected chi connectivity index (χ1v) is 7.72. The van der Waals surface area contributed by atoms with Gasteiger partial charge in [-0.05, 0) is 35.4 Å². The average molecular weight is 357 g/mol. The number of hydrogen-bond donors (Lipinski definition) is 1. The van der Waals surface area contributed by atoms with Crippen molar-refractivity contribution in [1.29, 1.82) is 0 Å². The van der Waals surface area contributed by atoms with Crippen molar-refractivity contribution in [3.8, 4) is 0 Å². The minimum Gasteiger partial charge on any atom is -0.314 e. The molecule has 2 aromatic rings. The molecule has 0 radical (unpaired) electrons. The topological polar surface area (TPSA) is 15.3 Å². The minimum atomic E-state index is -0.466. The first-order valence-electron chi connectivity index (χ1n) is 7.72. The van der Waals surface area contributed by atoms with Gasteiger partial charge in [0.15, 0.2) is 0 Å². The molecule has 2 nitrogen and oxygen atoms in total. The molecule has 0 spiro atoms. The second-order valence-electron chi connectivity index (χ2n) is 5.76. The second-order valence-corrected chi connectivity index (χ2v) is 5.76. The maximum absolute atomic E-state index is 13.4. The molecule has 1 aliphatic rings. The number of benzene rings is 2. The molecule has 0 amide bonds. The lowest BCUT2D eigenvalue weighted by atomic mass is 9.95. The van der Waals surface area contributed by atoms with Gasteiger partial charge in [-0.15, -0.1) is 12.4 Å². The largest absolute Gasteiger partial charge is 0.314 e. The van der Waals surface area contributed by atoms with Crippen molar-refractivity contribution in [2.45, 2.75) is 12.1 Å². The van der Waals surface area contributed by atoms with Crippen LogP contribution in [0.3, 0.4) is 0 Å². The Morgan fingerprint density at radius 2 is 1.46 bits per heavy atom. The summed E-state index contributed by atoms with van der Waals surface area (Å²) in [4.78, 5) is 2.07. The molecule has 1 aliphatic heterocycles. The Kier molecular flexibility index (Phi) is 6.66. The average Bonchev–Trinajstić information content (AvgIpc) is 2.59. The van der Waals surface area contributed by atoms with E-state index in [1.165, 1.54) is 24.3 Å².